The summed E-state index contributed by atoms with van der Waals surface area (Å²) in [7, 11) is -3.58. The van der Waals surface area contributed by atoms with E-state index in [-0.39, 0.29) is 26.2 Å². The molecule has 1 heterocycles. The second-order valence-corrected chi connectivity index (χ2v) is 6.41. The largest absolute Gasteiger partial charge is 0.465 e. The lowest BCUT2D eigenvalue weighted by molar-refractivity contribution is -0.143. The van der Waals surface area contributed by atoms with Crippen LogP contribution in [0.15, 0.2) is 12.5 Å². The third-order valence-corrected chi connectivity index (χ3v) is 5.22. The first-order valence-electron chi connectivity index (χ1n) is 7.08. The predicted molar refractivity (Wildman–Crippen MR) is 75.6 cm³/mol. The first-order chi connectivity index (χ1) is 10.1. The van der Waals surface area contributed by atoms with E-state index in [1.54, 1.807) is 20.8 Å². The highest BCUT2D eigenvalue weighted by molar-refractivity contribution is 7.55. The van der Waals surface area contributed by atoms with E-state index < -0.39 is 25.5 Å². The summed E-state index contributed by atoms with van der Waals surface area (Å²) in [6, 6.07) is 0. The van der Waals surface area contributed by atoms with Crippen LogP contribution in [0.2, 0.25) is 0 Å². The Morgan fingerprint density at radius 2 is 1.71 bits per heavy atom. The number of carbonyl (C=O) groups is 1. The maximum Gasteiger partial charge on any atom is 0.344 e. The molecule has 0 saturated heterocycles. The summed E-state index contributed by atoms with van der Waals surface area (Å²) in [5.74, 6) is -0.589. The van der Waals surface area contributed by atoms with Crippen molar-refractivity contribution in [1.82, 2.24) is 0 Å². The van der Waals surface area contributed by atoms with Gasteiger partial charge in [-0.1, -0.05) is 0 Å². The zero-order valence-corrected chi connectivity index (χ0v) is 13.5. The minimum Gasteiger partial charge on any atom is -0.465 e. The van der Waals surface area contributed by atoms with E-state index in [0.29, 0.717) is 6.42 Å². The fourth-order valence-corrected chi connectivity index (χ4v) is 3.87. The lowest BCUT2D eigenvalue weighted by atomic mass is 10.2. The van der Waals surface area contributed by atoms with E-state index in [1.807, 2.05) is 0 Å². The third-order valence-electron chi connectivity index (χ3n) is 2.75. The van der Waals surface area contributed by atoms with Crippen LogP contribution >= 0.6 is 7.60 Å². The Morgan fingerprint density at radius 3 is 2.19 bits per heavy atom. The minimum atomic E-state index is -3.58. The quantitative estimate of drug-likeness (QED) is 0.452. The van der Waals surface area contributed by atoms with Gasteiger partial charge in [0, 0.05) is 6.42 Å². The predicted octanol–water partition coefficient (Wildman–Crippen LogP) is 2.81. The molecule has 1 atom stereocenters. The maximum absolute atomic E-state index is 12.8. The molecule has 0 fully saturated rings. The van der Waals surface area contributed by atoms with Gasteiger partial charge in [-0.15, -0.1) is 0 Å². The summed E-state index contributed by atoms with van der Waals surface area (Å²) in [6.07, 6.45) is 2.96. The molecule has 0 amide bonds. The molecule has 8 heteroatoms. The van der Waals surface area contributed by atoms with Gasteiger partial charge < -0.3 is 23.3 Å². The highest BCUT2D eigenvalue weighted by Gasteiger charge is 2.42. The van der Waals surface area contributed by atoms with Crippen molar-refractivity contribution in [2.45, 2.75) is 45.6 Å². The van der Waals surface area contributed by atoms with Gasteiger partial charge in [0.15, 0.2) is 5.66 Å². The van der Waals surface area contributed by atoms with Crippen LogP contribution in [-0.2, 0) is 32.6 Å². The number of hydrogen-bond donors (Lipinski definition) is 0. The normalized spacial score (nSPS) is 16.3. The number of carbonyl (C=O) groups excluding carboxylic acids is 1. The summed E-state index contributed by atoms with van der Waals surface area (Å²) in [5, 5.41) is 0. The Kier molecular flexibility index (Phi) is 7.78. The summed E-state index contributed by atoms with van der Waals surface area (Å²) < 4.78 is 38.6. The molecule has 0 spiro atoms. The van der Waals surface area contributed by atoms with Gasteiger partial charge in [-0.3, -0.25) is 9.36 Å². The van der Waals surface area contributed by atoms with Crippen molar-refractivity contribution in [3.8, 4) is 0 Å². The van der Waals surface area contributed by atoms with Crippen molar-refractivity contribution >= 4 is 13.6 Å². The van der Waals surface area contributed by atoms with Gasteiger partial charge in [0.05, 0.1) is 19.8 Å². The lowest BCUT2D eigenvalue weighted by Gasteiger charge is -2.25. The molecule has 0 bridgehead atoms. The first kappa shape index (κ1) is 18.0. The highest BCUT2D eigenvalue weighted by atomic mass is 31.2. The molecule has 0 aliphatic carbocycles. The average molecular weight is 322 g/mol. The lowest BCUT2D eigenvalue weighted by Crippen LogP contribution is -2.27. The fraction of sp³-hybridized carbons (Fsp3) is 0.769. The topological polar surface area (TPSA) is 80.3 Å². The van der Waals surface area contributed by atoms with Gasteiger partial charge in [-0.2, -0.15) is 0 Å². The molecule has 0 N–H and O–H groups in total. The Bertz CT molecular complexity index is 378. The van der Waals surface area contributed by atoms with Crippen LogP contribution in [-0.4, -0.2) is 37.7 Å². The SMILES string of the molecule is CCOC(=O)C(CCC1OC=CO1)P(=O)(OCC)OCC. The van der Waals surface area contributed by atoms with Crippen molar-refractivity contribution in [1.29, 1.82) is 0 Å². The average Bonchev–Trinajstić information content (AvgIpc) is 2.93. The maximum atomic E-state index is 12.8. The molecule has 1 aliphatic rings. The van der Waals surface area contributed by atoms with Gasteiger partial charge in [0.1, 0.15) is 12.5 Å². The molecule has 1 rings (SSSR count). The molecule has 7 nitrogen and oxygen atoms in total. The van der Waals surface area contributed by atoms with Gasteiger partial charge in [-0.05, 0) is 27.2 Å². The van der Waals surface area contributed by atoms with E-state index in [4.69, 9.17) is 23.3 Å². The number of ether oxygens (including phenoxy) is 3. The Hall–Kier alpha value is -1.04. The van der Waals surface area contributed by atoms with E-state index in [2.05, 4.69) is 0 Å². The fourth-order valence-electron chi connectivity index (χ4n) is 1.92. The molecular weight excluding hydrogens is 299 g/mol. The zero-order chi connectivity index (χ0) is 15.7. The summed E-state index contributed by atoms with van der Waals surface area (Å²) in [4.78, 5) is 12.1. The second-order valence-electron chi connectivity index (χ2n) is 4.19. The summed E-state index contributed by atoms with van der Waals surface area (Å²) in [5.41, 5.74) is -0.981. The minimum absolute atomic E-state index is 0.186. The van der Waals surface area contributed by atoms with E-state index in [1.165, 1.54) is 12.5 Å². The van der Waals surface area contributed by atoms with Crippen molar-refractivity contribution in [3.05, 3.63) is 12.5 Å². The molecular formula is C13H23O7P. The van der Waals surface area contributed by atoms with E-state index >= 15 is 0 Å². The number of hydrogen-bond acceptors (Lipinski definition) is 7. The van der Waals surface area contributed by atoms with Crippen molar-refractivity contribution in [2.24, 2.45) is 0 Å². The van der Waals surface area contributed by atoms with Gasteiger partial charge in [0.2, 0.25) is 6.29 Å². The van der Waals surface area contributed by atoms with E-state index in [9.17, 15) is 9.36 Å². The molecule has 122 valence electrons. The Labute approximate surface area is 125 Å². The highest BCUT2D eigenvalue weighted by Crippen LogP contribution is 2.55. The van der Waals surface area contributed by atoms with Crippen molar-refractivity contribution in [3.63, 3.8) is 0 Å². The molecule has 0 saturated carbocycles. The molecule has 0 aromatic heterocycles. The zero-order valence-electron chi connectivity index (χ0n) is 12.6. The van der Waals surface area contributed by atoms with Crippen LogP contribution in [0, 0.1) is 0 Å². The molecule has 1 unspecified atom stereocenters. The standard InChI is InChI=1S/C13H23O7P/c1-4-16-13(14)11(7-8-12-17-9-10-18-12)21(15,19-5-2)20-6-3/h9-12H,4-8H2,1-3H3. The molecule has 0 aromatic carbocycles. The van der Waals surface area contributed by atoms with Crippen molar-refractivity contribution in [2.75, 3.05) is 19.8 Å². The summed E-state index contributed by atoms with van der Waals surface area (Å²) >= 11 is 0. The van der Waals surface area contributed by atoms with Crippen LogP contribution in [0.5, 0.6) is 0 Å². The Balaban J connectivity index is 2.77. The molecule has 21 heavy (non-hydrogen) atoms. The van der Waals surface area contributed by atoms with E-state index in [0.717, 1.165) is 0 Å². The molecule has 0 aromatic rings. The monoisotopic (exact) mass is 322 g/mol. The third kappa shape index (κ3) is 5.34. The van der Waals surface area contributed by atoms with Gasteiger partial charge in [-0.25, -0.2) is 0 Å². The van der Waals surface area contributed by atoms with Crippen LogP contribution in [0.25, 0.3) is 0 Å². The number of esters is 1. The van der Waals surface area contributed by atoms with Gasteiger partial charge in [0.25, 0.3) is 0 Å². The summed E-state index contributed by atoms with van der Waals surface area (Å²) in [6.45, 7) is 5.65. The van der Waals surface area contributed by atoms with Crippen LogP contribution in [0.3, 0.4) is 0 Å². The second kappa shape index (κ2) is 9.07. The van der Waals surface area contributed by atoms with Crippen LogP contribution < -0.4 is 0 Å². The van der Waals surface area contributed by atoms with Crippen LogP contribution in [0.1, 0.15) is 33.6 Å². The number of rotatable bonds is 10. The molecule has 1 aliphatic heterocycles. The van der Waals surface area contributed by atoms with Crippen molar-refractivity contribution < 1.29 is 32.6 Å². The van der Waals surface area contributed by atoms with Gasteiger partial charge >= 0.3 is 13.6 Å². The first-order valence-corrected chi connectivity index (χ1v) is 8.69. The molecule has 0 radical (unpaired) electrons. The Morgan fingerprint density at radius 1 is 1.14 bits per heavy atom. The van der Waals surface area contributed by atoms with Crippen LogP contribution in [0.4, 0.5) is 0 Å². The smallest absolute Gasteiger partial charge is 0.344 e.